The molecule has 0 amide bonds. The molecule has 0 radical (unpaired) electrons. The van der Waals surface area contributed by atoms with E-state index in [4.69, 9.17) is 16.3 Å². The maximum Gasteiger partial charge on any atom is 0.204 e. The van der Waals surface area contributed by atoms with Crippen molar-refractivity contribution < 1.29 is 9.53 Å². The normalized spacial score (nSPS) is 10.1. The summed E-state index contributed by atoms with van der Waals surface area (Å²) in [6, 6.07) is 8.76. The van der Waals surface area contributed by atoms with E-state index in [1.54, 1.807) is 42.8 Å². The monoisotopic (exact) mass is 252 g/mol. The highest BCUT2D eigenvalue weighted by molar-refractivity contribution is 7.13. The molecule has 0 aliphatic rings. The van der Waals surface area contributed by atoms with Gasteiger partial charge in [-0.3, -0.25) is 4.79 Å². The topological polar surface area (TPSA) is 26.3 Å². The van der Waals surface area contributed by atoms with Crippen LogP contribution < -0.4 is 4.74 Å². The standard InChI is InChI=1S/C12H9ClO2S/c1-15-9-4-2-3-8(7-9)11(14)12-10(13)5-6-16-12/h2-7H,1H3. The van der Waals surface area contributed by atoms with Crippen LogP contribution in [0.2, 0.25) is 5.02 Å². The van der Waals surface area contributed by atoms with Gasteiger partial charge in [0, 0.05) is 5.56 Å². The van der Waals surface area contributed by atoms with Crippen molar-refractivity contribution in [2.24, 2.45) is 0 Å². The lowest BCUT2D eigenvalue weighted by molar-refractivity contribution is 0.104. The first-order chi connectivity index (χ1) is 7.72. The van der Waals surface area contributed by atoms with E-state index in [0.29, 0.717) is 21.2 Å². The van der Waals surface area contributed by atoms with Crippen LogP contribution in [0.15, 0.2) is 35.7 Å². The third-order valence-corrected chi connectivity index (χ3v) is 3.50. The SMILES string of the molecule is COc1cccc(C(=O)c2sccc2Cl)c1. The smallest absolute Gasteiger partial charge is 0.204 e. The number of ketones is 1. The predicted molar refractivity (Wildman–Crippen MR) is 65.8 cm³/mol. The number of ether oxygens (including phenoxy) is 1. The summed E-state index contributed by atoms with van der Waals surface area (Å²) < 4.78 is 5.07. The molecule has 2 nitrogen and oxygen atoms in total. The average Bonchev–Trinajstić information content (AvgIpc) is 2.74. The van der Waals surface area contributed by atoms with Gasteiger partial charge >= 0.3 is 0 Å². The van der Waals surface area contributed by atoms with Gasteiger partial charge in [-0.25, -0.2) is 0 Å². The van der Waals surface area contributed by atoms with E-state index < -0.39 is 0 Å². The molecular weight excluding hydrogens is 244 g/mol. The fourth-order valence-electron chi connectivity index (χ4n) is 1.35. The summed E-state index contributed by atoms with van der Waals surface area (Å²) in [4.78, 5) is 12.6. The van der Waals surface area contributed by atoms with Gasteiger partial charge in [0.25, 0.3) is 0 Å². The van der Waals surface area contributed by atoms with Gasteiger partial charge in [-0.2, -0.15) is 0 Å². The molecule has 0 saturated heterocycles. The Morgan fingerprint density at radius 2 is 2.19 bits per heavy atom. The largest absolute Gasteiger partial charge is 0.497 e. The molecule has 0 spiro atoms. The highest BCUT2D eigenvalue weighted by Crippen LogP contribution is 2.26. The van der Waals surface area contributed by atoms with Gasteiger partial charge < -0.3 is 4.74 Å². The second-order valence-corrected chi connectivity index (χ2v) is 4.48. The molecule has 0 atom stereocenters. The molecule has 0 unspecified atom stereocenters. The molecule has 1 aromatic carbocycles. The van der Waals surface area contributed by atoms with Gasteiger partial charge in [0.15, 0.2) is 0 Å². The van der Waals surface area contributed by atoms with E-state index in [2.05, 4.69) is 0 Å². The first kappa shape index (κ1) is 11.2. The Kier molecular flexibility index (Phi) is 3.27. The second kappa shape index (κ2) is 4.68. The van der Waals surface area contributed by atoms with E-state index in [1.807, 2.05) is 0 Å². The molecule has 0 bridgehead atoms. The van der Waals surface area contributed by atoms with Gasteiger partial charge in [0.2, 0.25) is 5.78 Å². The molecule has 0 aliphatic carbocycles. The number of thiophene rings is 1. The summed E-state index contributed by atoms with van der Waals surface area (Å²) in [7, 11) is 1.57. The van der Waals surface area contributed by atoms with Crippen LogP contribution in [0.5, 0.6) is 5.75 Å². The van der Waals surface area contributed by atoms with Gasteiger partial charge in [-0.15, -0.1) is 11.3 Å². The van der Waals surface area contributed by atoms with Crippen LogP contribution in [0.3, 0.4) is 0 Å². The van der Waals surface area contributed by atoms with E-state index in [-0.39, 0.29) is 5.78 Å². The minimum atomic E-state index is -0.0705. The Bertz CT molecular complexity index is 519. The van der Waals surface area contributed by atoms with Crippen LogP contribution >= 0.6 is 22.9 Å². The van der Waals surface area contributed by atoms with Crippen molar-refractivity contribution >= 4 is 28.7 Å². The number of hydrogen-bond acceptors (Lipinski definition) is 3. The van der Waals surface area contributed by atoms with Gasteiger partial charge in [0.1, 0.15) is 5.75 Å². The van der Waals surface area contributed by atoms with Crippen molar-refractivity contribution in [1.82, 2.24) is 0 Å². The zero-order valence-corrected chi connectivity index (χ0v) is 10.1. The Balaban J connectivity index is 2.38. The van der Waals surface area contributed by atoms with Crippen molar-refractivity contribution in [1.29, 1.82) is 0 Å². The lowest BCUT2D eigenvalue weighted by Crippen LogP contribution is -1.99. The fourth-order valence-corrected chi connectivity index (χ4v) is 2.45. The lowest BCUT2D eigenvalue weighted by atomic mass is 10.1. The van der Waals surface area contributed by atoms with Gasteiger partial charge in [0.05, 0.1) is 17.0 Å². The van der Waals surface area contributed by atoms with Crippen LogP contribution in [0, 0.1) is 0 Å². The molecule has 1 heterocycles. The molecule has 16 heavy (non-hydrogen) atoms. The lowest BCUT2D eigenvalue weighted by Gasteiger charge is -2.02. The van der Waals surface area contributed by atoms with Crippen molar-refractivity contribution in [3.05, 3.63) is 51.2 Å². The predicted octanol–water partition coefficient (Wildman–Crippen LogP) is 3.64. The quantitative estimate of drug-likeness (QED) is 0.780. The highest BCUT2D eigenvalue weighted by atomic mass is 35.5. The van der Waals surface area contributed by atoms with E-state index >= 15 is 0 Å². The Morgan fingerprint density at radius 3 is 2.81 bits per heavy atom. The van der Waals surface area contributed by atoms with E-state index in [9.17, 15) is 4.79 Å². The third kappa shape index (κ3) is 2.10. The Morgan fingerprint density at radius 1 is 1.38 bits per heavy atom. The number of carbonyl (C=O) groups excluding carboxylic acids is 1. The van der Waals surface area contributed by atoms with Gasteiger partial charge in [-0.05, 0) is 23.6 Å². The van der Waals surface area contributed by atoms with Gasteiger partial charge in [-0.1, -0.05) is 23.7 Å². The minimum Gasteiger partial charge on any atom is -0.497 e. The summed E-state index contributed by atoms with van der Waals surface area (Å²) >= 11 is 7.26. The summed E-state index contributed by atoms with van der Waals surface area (Å²) in [6.45, 7) is 0. The summed E-state index contributed by atoms with van der Waals surface area (Å²) in [5, 5.41) is 2.30. The number of benzene rings is 1. The first-order valence-electron chi connectivity index (χ1n) is 4.64. The maximum atomic E-state index is 12.1. The van der Waals surface area contributed by atoms with Crippen LogP contribution in [-0.4, -0.2) is 12.9 Å². The molecule has 0 saturated carbocycles. The average molecular weight is 253 g/mol. The molecule has 0 N–H and O–H groups in total. The van der Waals surface area contributed by atoms with Crippen LogP contribution in [0.25, 0.3) is 0 Å². The molecular formula is C12H9ClO2S. The summed E-state index contributed by atoms with van der Waals surface area (Å²) in [5.74, 6) is 0.595. The molecule has 2 aromatic rings. The number of hydrogen-bond donors (Lipinski definition) is 0. The second-order valence-electron chi connectivity index (χ2n) is 3.16. The maximum absolute atomic E-state index is 12.1. The zero-order chi connectivity index (χ0) is 11.5. The molecule has 4 heteroatoms. The third-order valence-electron chi connectivity index (χ3n) is 2.16. The fraction of sp³-hybridized carbons (Fsp3) is 0.0833. The van der Waals surface area contributed by atoms with Crippen molar-refractivity contribution in [2.75, 3.05) is 7.11 Å². The van der Waals surface area contributed by atoms with E-state index in [1.165, 1.54) is 11.3 Å². The van der Waals surface area contributed by atoms with Crippen molar-refractivity contribution in [2.45, 2.75) is 0 Å². The number of carbonyl (C=O) groups is 1. The molecule has 1 aromatic heterocycles. The molecule has 82 valence electrons. The Hall–Kier alpha value is -1.32. The minimum absolute atomic E-state index is 0.0705. The molecule has 0 aliphatic heterocycles. The number of rotatable bonds is 3. The van der Waals surface area contributed by atoms with Crippen molar-refractivity contribution in [3.8, 4) is 5.75 Å². The molecule has 0 fully saturated rings. The Labute approximate surface area is 102 Å². The van der Waals surface area contributed by atoms with Crippen molar-refractivity contribution in [3.63, 3.8) is 0 Å². The number of methoxy groups -OCH3 is 1. The first-order valence-corrected chi connectivity index (χ1v) is 5.90. The van der Waals surface area contributed by atoms with Crippen LogP contribution in [-0.2, 0) is 0 Å². The molecule has 2 rings (SSSR count). The van der Waals surface area contributed by atoms with E-state index in [0.717, 1.165) is 0 Å². The highest BCUT2D eigenvalue weighted by Gasteiger charge is 2.14. The van der Waals surface area contributed by atoms with Crippen LogP contribution in [0.1, 0.15) is 15.2 Å². The number of halogens is 1. The summed E-state index contributed by atoms with van der Waals surface area (Å²) in [6.07, 6.45) is 0. The summed E-state index contributed by atoms with van der Waals surface area (Å²) in [5.41, 5.74) is 0.587. The van der Waals surface area contributed by atoms with Crippen LogP contribution in [0.4, 0.5) is 0 Å². The zero-order valence-electron chi connectivity index (χ0n) is 8.57.